The Morgan fingerprint density at radius 1 is 1.23 bits per heavy atom. The molecule has 0 bridgehead atoms. The lowest BCUT2D eigenvalue weighted by Crippen LogP contribution is -2.37. The Labute approximate surface area is 168 Å². The minimum Gasteiger partial charge on any atom is -0.476 e. The van der Waals surface area contributed by atoms with Gasteiger partial charge in [-0.25, -0.2) is 0 Å². The van der Waals surface area contributed by atoms with Crippen molar-refractivity contribution in [1.29, 1.82) is 0 Å². The molecule has 0 aliphatic heterocycles. The summed E-state index contributed by atoms with van der Waals surface area (Å²) in [6, 6.07) is 7.17. The average Bonchev–Trinajstić information content (AvgIpc) is 2.66. The van der Waals surface area contributed by atoms with E-state index in [0.717, 1.165) is 17.0 Å². The lowest BCUT2D eigenvalue weighted by molar-refractivity contribution is -0.390. The molecule has 1 aromatic carbocycles. The largest absolute Gasteiger partial charge is 0.476 e. The van der Waals surface area contributed by atoms with Gasteiger partial charge in [0.15, 0.2) is 6.61 Å². The number of nitrogens with one attached hydrogen (secondary N) is 1. The number of nitro groups is 1. The predicted molar refractivity (Wildman–Crippen MR) is 98.8 cm³/mol. The number of rotatable bonds is 7. The van der Waals surface area contributed by atoms with Crippen molar-refractivity contribution in [1.82, 2.24) is 9.88 Å². The number of anilines is 1. The molecule has 0 unspecified atom stereocenters. The molecule has 0 aliphatic carbocycles. The Kier molecular flexibility index (Phi) is 6.93. The summed E-state index contributed by atoms with van der Waals surface area (Å²) in [7, 11) is 1.24. The summed E-state index contributed by atoms with van der Waals surface area (Å²) in [6.45, 7) is 0.363. The highest BCUT2D eigenvalue weighted by Crippen LogP contribution is 2.34. The number of alkyl halides is 3. The molecular weight excluding hydrogens is 409 g/mol. The van der Waals surface area contributed by atoms with Gasteiger partial charge in [0.25, 0.3) is 5.91 Å². The van der Waals surface area contributed by atoms with E-state index >= 15 is 0 Å². The van der Waals surface area contributed by atoms with Gasteiger partial charge in [-0.05, 0) is 34.2 Å². The van der Waals surface area contributed by atoms with E-state index in [1.54, 1.807) is 6.92 Å². The molecule has 2 rings (SSSR count). The van der Waals surface area contributed by atoms with Gasteiger partial charge in [0.1, 0.15) is 5.69 Å². The van der Waals surface area contributed by atoms with E-state index in [1.807, 2.05) is 0 Å². The molecule has 9 nitrogen and oxygen atoms in total. The number of amides is 2. The average molecular weight is 426 g/mol. The van der Waals surface area contributed by atoms with Crippen molar-refractivity contribution < 1.29 is 32.4 Å². The standard InChI is InChI=1S/C18H17F3N4O5/c1-11-7-8-14(17(22-11)25(28)29)30-10-16(27)24(2)9-15(26)23-13-6-4-3-5-12(13)18(19,20)21/h3-8H,9-10H2,1-2H3,(H,23,26). The monoisotopic (exact) mass is 426 g/mol. The molecule has 1 heterocycles. The van der Waals surface area contributed by atoms with E-state index < -0.39 is 53.1 Å². The SMILES string of the molecule is Cc1ccc(OCC(=O)N(C)CC(=O)Nc2ccccc2C(F)(F)F)c([N+](=O)[O-])n1. The van der Waals surface area contributed by atoms with Crippen molar-refractivity contribution in [3.05, 3.63) is 57.8 Å². The van der Waals surface area contributed by atoms with Gasteiger partial charge < -0.3 is 25.1 Å². The number of carbonyl (C=O) groups excluding carboxylic acids is 2. The number of carbonyl (C=O) groups is 2. The maximum absolute atomic E-state index is 13.0. The van der Waals surface area contributed by atoms with Gasteiger partial charge in [0.05, 0.1) is 17.8 Å². The molecule has 0 atom stereocenters. The van der Waals surface area contributed by atoms with E-state index in [2.05, 4.69) is 10.3 Å². The van der Waals surface area contributed by atoms with Crippen LogP contribution in [0.1, 0.15) is 11.3 Å². The number of pyridine rings is 1. The molecular formula is C18H17F3N4O5. The molecule has 160 valence electrons. The van der Waals surface area contributed by atoms with Gasteiger partial charge in [-0.2, -0.15) is 13.2 Å². The number of nitrogens with zero attached hydrogens (tertiary/aromatic N) is 3. The molecule has 0 saturated heterocycles. The van der Waals surface area contributed by atoms with Crippen molar-refractivity contribution in [3.8, 4) is 5.75 Å². The maximum atomic E-state index is 13.0. The fourth-order valence-electron chi connectivity index (χ4n) is 2.36. The van der Waals surface area contributed by atoms with Crippen LogP contribution in [-0.2, 0) is 15.8 Å². The van der Waals surface area contributed by atoms with Gasteiger partial charge in [0.2, 0.25) is 11.7 Å². The van der Waals surface area contributed by atoms with Crippen LogP contribution in [0.2, 0.25) is 0 Å². The summed E-state index contributed by atoms with van der Waals surface area (Å²) in [6.07, 6.45) is -4.66. The molecule has 30 heavy (non-hydrogen) atoms. The van der Waals surface area contributed by atoms with E-state index in [4.69, 9.17) is 4.74 Å². The lowest BCUT2D eigenvalue weighted by atomic mass is 10.1. The second kappa shape index (κ2) is 9.20. The van der Waals surface area contributed by atoms with Crippen molar-refractivity contribution in [2.45, 2.75) is 13.1 Å². The van der Waals surface area contributed by atoms with Crippen LogP contribution in [0.5, 0.6) is 5.75 Å². The topological polar surface area (TPSA) is 115 Å². The Bertz CT molecular complexity index is 965. The highest BCUT2D eigenvalue weighted by atomic mass is 19.4. The Balaban J connectivity index is 1.97. The van der Waals surface area contributed by atoms with Crippen LogP contribution in [-0.4, -0.2) is 46.8 Å². The molecule has 2 amide bonds. The van der Waals surface area contributed by atoms with Crippen molar-refractivity contribution in [3.63, 3.8) is 0 Å². The Morgan fingerprint density at radius 2 is 1.90 bits per heavy atom. The molecule has 1 aromatic heterocycles. The zero-order valence-corrected chi connectivity index (χ0v) is 15.9. The van der Waals surface area contributed by atoms with E-state index in [0.29, 0.717) is 5.69 Å². The number of hydrogen-bond donors (Lipinski definition) is 1. The third kappa shape index (κ3) is 5.90. The summed E-state index contributed by atoms with van der Waals surface area (Å²) in [5, 5.41) is 13.1. The highest BCUT2D eigenvalue weighted by Gasteiger charge is 2.33. The fraction of sp³-hybridized carbons (Fsp3) is 0.278. The number of para-hydroxylation sites is 1. The zero-order valence-electron chi connectivity index (χ0n) is 15.9. The van der Waals surface area contributed by atoms with Gasteiger partial charge in [0, 0.05) is 14.0 Å². The first-order valence-corrected chi connectivity index (χ1v) is 8.44. The molecule has 0 radical (unpaired) electrons. The fourth-order valence-corrected chi connectivity index (χ4v) is 2.36. The highest BCUT2D eigenvalue weighted by molar-refractivity contribution is 5.95. The van der Waals surface area contributed by atoms with Crippen LogP contribution in [0, 0.1) is 17.0 Å². The predicted octanol–water partition coefficient (Wildman–Crippen LogP) is 2.79. The molecule has 0 saturated carbocycles. The normalized spacial score (nSPS) is 11.0. The van der Waals surface area contributed by atoms with Crippen LogP contribution in [0.3, 0.4) is 0 Å². The number of halogens is 3. The molecule has 1 N–H and O–H groups in total. The Hall–Kier alpha value is -3.70. The quantitative estimate of drug-likeness (QED) is 0.538. The lowest BCUT2D eigenvalue weighted by Gasteiger charge is -2.18. The summed E-state index contributed by atoms with van der Waals surface area (Å²) >= 11 is 0. The van der Waals surface area contributed by atoms with Gasteiger partial charge in [-0.15, -0.1) is 0 Å². The van der Waals surface area contributed by atoms with Crippen LogP contribution < -0.4 is 10.1 Å². The smallest absolute Gasteiger partial charge is 0.418 e. The van der Waals surface area contributed by atoms with Crippen LogP contribution in [0.4, 0.5) is 24.7 Å². The number of likely N-dealkylation sites (N-methyl/N-ethyl adjacent to an activating group) is 1. The molecule has 12 heteroatoms. The molecule has 0 fully saturated rings. The second-order valence-corrected chi connectivity index (χ2v) is 6.16. The number of aromatic nitrogens is 1. The maximum Gasteiger partial charge on any atom is 0.418 e. The van der Waals surface area contributed by atoms with Crippen molar-refractivity contribution in [2.24, 2.45) is 0 Å². The minimum atomic E-state index is -4.66. The third-order valence-electron chi connectivity index (χ3n) is 3.82. The van der Waals surface area contributed by atoms with Crippen LogP contribution >= 0.6 is 0 Å². The summed E-state index contributed by atoms with van der Waals surface area (Å²) in [5.74, 6) is -2.36. The van der Waals surface area contributed by atoms with Crippen LogP contribution in [0.25, 0.3) is 0 Å². The number of ether oxygens (including phenoxy) is 1. The Morgan fingerprint density at radius 3 is 2.53 bits per heavy atom. The van der Waals surface area contributed by atoms with Crippen molar-refractivity contribution in [2.75, 3.05) is 25.5 Å². The van der Waals surface area contributed by atoms with E-state index in [-0.39, 0.29) is 5.75 Å². The van der Waals surface area contributed by atoms with Crippen LogP contribution in [0.15, 0.2) is 36.4 Å². The van der Waals surface area contributed by atoms with Gasteiger partial charge >= 0.3 is 12.0 Å². The number of hydrogen-bond acceptors (Lipinski definition) is 6. The molecule has 2 aromatic rings. The molecule has 0 spiro atoms. The van der Waals surface area contributed by atoms with Crippen molar-refractivity contribution >= 4 is 23.3 Å². The number of aryl methyl sites for hydroxylation is 1. The first-order chi connectivity index (χ1) is 14.0. The summed E-state index contributed by atoms with van der Waals surface area (Å²) in [4.78, 5) is 39.1. The van der Waals surface area contributed by atoms with E-state index in [9.17, 15) is 32.9 Å². The number of benzene rings is 1. The zero-order chi connectivity index (χ0) is 22.5. The first-order valence-electron chi connectivity index (χ1n) is 8.44. The summed E-state index contributed by atoms with van der Waals surface area (Å²) < 4.78 is 44.1. The molecule has 0 aliphatic rings. The van der Waals surface area contributed by atoms with E-state index in [1.165, 1.54) is 31.3 Å². The van der Waals surface area contributed by atoms with Gasteiger partial charge in [-0.3, -0.25) is 9.59 Å². The minimum absolute atomic E-state index is 0.226. The summed E-state index contributed by atoms with van der Waals surface area (Å²) in [5.41, 5.74) is -1.07. The van der Waals surface area contributed by atoms with Gasteiger partial charge in [-0.1, -0.05) is 12.1 Å². The first kappa shape index (κ1) is 22.6. The third-order valence-corrected chi connectivity index (χ3v) is 3.82. The second-order valence-electron chi connectivity index (χ2n) is 6.16.